The van der Waals surface area contributed by atoms with Gasteiger partial charge >= 0.3 is 0 Å². The van der Waals surface area contributed by atoms with Gasteiger partial charge in [0.25, 0.3) is 0 Å². The molecule has 0 spiro atoms. The maximum Gasteiger partial charge on any atom is 0.222 e. The molecule has 1 saturated heterocycles. The fraction of sp³-hybridized carbons (Fsp3) is 0.344. The minimum Gasteiger partial charge on any atom is -0.489 e. The summed E-state index contributed by atoms with van der Waals surface area (Å²) >= 11 is 0. The number of terminal acetylenes is 1. The van der Waals surface area contributed by atoms with Gasteiger partial charge in [0.2, 0.25) is 5.78 Å². The molecule has 0 amide bonds. The minimum atomic E-state index is -0.307. The monoisotopic (exact) mass is 524 g/mol. The molecule has 0 aliphatic carbocycles. The lowest BCUT2D eigenvalue weighted by molar-refractivity contribution is -0.120. The Hall–Kier alpha value is -4.02. The van der Waals surface area contributed by atoms with Crippen molar-refractivity contribution in [1.29, 1.82) is 0 Å². The molecule has 0 saturated carbocycles. The maximum atomic E-state index is 13.5. The molecule has 1 fully saturated rings. The molecule has 3 heterocycles. The first-order chi connectivity index (χ1) is 19.0. The van der Waals surface area contributed by atoms with Crippen molar-refractivity contribution < 1.29 is 13.9 Å². The Kier molecular flexibility index (Phi) is 8.04. The first-order valence-electron chi connectivity index (χ1n) is 13.6. The first-order valence-corrected chi connectivity index (χ1v) is 13.6. The summed E-state index contributed by atoms with van der Waals surface area (Å²) in [6.07, 6.45) is 13.9. The van der Waals surface area contributed by atoms with Crippen LogP contribution >= 0.6 is 0 Å². The normalized spacial score (nSPS) is 16.6. The number of benzene rings is 2. The van der Waals surface area contributed by atoms with E-state index in [-0.39, 0.29) is 30.3 Å². The summed E-state index contributed by atoms with van der Waals surface area (Å²) in [4.78, 5) is 24.8. The summed E-state index contributed by atoms with van der Waals surface area (Å²) in [6, 6.07) is 13.9. The molecule has 1 aliphatic heterocycles. The van der Waals surface area contributed by atoms with Crippen LogP contribution in [0.5, 0.6) is 5.75 Å². The van der Waals surface area contributed by atoms with Gasteiger partial charge in [-0.15, -0.1) is 6.42 Å². The fourth-order valence-corrected chi connectivity index (χ4v) is 5.58. The van der Waals surface area contributed by atoms with Crippen LogP contribution in [0.2, 0.25) is 0 Å². The summed E-state index contributed by atoms with van der Waals surface area (Å²) in [5.41, 5.74) is 4.38. The molecular weight excluding hydrogens is 491 g/mol. The zero-order valence-corrected chi connectivity index (χ0v) is 22.4. The van der Waals surface area contributed by atoms with Crippen LogP contribution in [-0.4, -0.2) is 37.6 Å². The smallest absolute Gasteiger partial charge is 0.222 e. The SMILES string of the molecule is C#CC(=O)[C@H](CCC)N1CCCCC1c1nc(-c2ccc(OCc3cccc(F)c3)cc2)c2c(C)nccn12. The van der Waals surface area contributed by atoms with Crippen LogP contribution in [0.3, 0.4) is 0 Å². The van der Waals surface area contributed by atoms with Crippen molar-refractivity contribution in [3.63, 3.8) is 0 Å². The lowest BCUT2D eigenvalue weighted by atomic mass is 9.95. The van der Waals surface area contributed by atoms with Gasteiger partial charge in [0.1, 0.15) is 24.0 Å². The molecule has 2 aromatic carbocycles. The molecule has 0 N–H and O–H groups in total. The molecule has 6 nitrogen and oxygen atoms in total. The van der Waals surface area contributed by atoms with Crippen LogP contribution in [-0.2, 0) is 11.4 Å². The van der Waals surface area contributed by atoms with E-state index in [4.69, 9.17) is 16.1 Å². The number of fused-ring (bicyclic) bond motifs is 1. The first kappa shape index (κ1) is 26.6. The Morgan fingerprint density at radius 3 is 2.79 bits per heavy atom. The molecule has 39 heavy (non-hydrogen) atoms. The lowest BCUT2D eigenvalue weighted by Gasteiger charge is -2.39. The number of imidazole rings is 1. The topological polar surface area (TPSA) is 59.7 Å². The predicted octanol–water partition coefficient (Wildman–Crippen LogP) is 6.32. The van der Waals surface area contributed by atoms with Gasteiger partial charge in [-0.1, -0.05) is 31.9 Å². The van der Waals surface area contributed by atoms with Crippen molar-refractivity contribution in [2.45, 2.75) is 64.6 Å². The third-order valence-electron chi connectivity index (χ3n) is 7.44. The molecule has 1 unspecified atom stereocenters. The Morgan fingerprint density at radius 2 is 2.05 bits per heavy atom. The second kappa shape index (κ2) is 11.8. The standard InChI is InChI=1S/C32H33FN4O2/c1-4-9-27(29(38)5-2)36-18-7-6-12-28(36)32-35-30(31-22(3)34-17-19-37(31)32)24-13-15-26(16-14-24)39-21-23-10-8-11-25(33)20-23/h2,8,10-11,13-17,19-20,27-28H,4,6-7,9,12,18,21H2,1,3H3/t27-,28?/m0/s1. The lowest BCUT2D eigenvalue weighted by Crippen LogP contribution is -2.46. The van der Waals surface area contributed by atoms with E-state index in [1.54, 1.807) is 12.3 Å². The van der Waals surface area contributed by atoms with E-state index in [1.807, 2.05) is 43.5 Å². The molecule has 5 rings (SSSR count). The third-order valence-corrected chi connectivity index (χ3v) is 7.44. The second-order valence-electron chi connectivity index (χ2n) is 10.1. The zero-order chi connectivity index (χ0) is 27.4. The van der Waals surface area contributed by atoms with E-state index in [2.05, 4.69) is 27.1 Å². The number of piperidine rings is 1. The van der Waals surface area contributed by atoms with Gasteiger partial charge < -0.3 is 4.74 Å². The highest BCUT2D eigenvalue weighted by Gasteiger charge is 2.35. The average molecular weight is 525 g/mol. The fourth-order valence-electron chi connectivity index (χ4n) is 5.58. The van der Waals surface area contributed by atoms with Gasteiger partial charge in [0.15, 0.2) is 0 Å². The Balaban J connectivity index is 1.48. The summed E-state index contributed by atoms with van der Waals surface area (Å²) in [7, 11) is 0. The molecule has 0 bridgehead atoms. The number of likely N-dealkylation sites (tertiary alicyclic amines) is 1. The number of halogens is 1. The number of ether oxygens (including phenoxy) is 1. The molecular formula is C32H33FN4O2. The highest BCUT2D eigenvalue weighted by Crippen LogP contribution is 2.37. The highest BCUT2D eigenvalue weighted by atomic mass is 19.1. The van der Waals surface area contributed by atoms with Crippen LogP contribution < -0.4 is 4.74 Å². The number of aromatic nitrogens is 3. The number of hydrogen-bond acceptors (Lipinski definition) is 5. The Morgan fingerprint density at radius 1 is 1.23 bits per heavy atom. The number of hydrogen-bond donors (Lipinski definition) is 0. The molecule has 4 aromatic rings. The van der Waals surface area contributed by atoms with Gasteiger partial charge in [-0.25, -0.2) is 9.37 Å². The van der Waals surface area contributed by atoms with Crippen molar-refractivity contribution in [1.82, 2.24) is 19.3 Å². The largest absolute Gasteiger partial charge is 0.489 e. The van der Waals surface area contributed by atoms with E-state index < -0.39 is 0 Å². The predicted molar refractivity (Wildman–Crippen MR) is 150 cm³/mol. The number of Topliss-reactive ketones (excluding diaryl/α,β-unsaturated/α-hetero) is 1. The van der Waals surface area contributed by atoms with Crippen LogP contribution in [0, 0.1) is 25.1 Å². The van der Waals surface area contributed by atoms with Gasteiger partial charge in [0.05, 0.1) is 29.0 Å². The van der Waals surface area contributed by atoms with Gasteiger partial charge in [-0.2, -0.15) is 0 Å². The summed E-state index contributed by atoms with van der Waals surface area (Å²) in [5.74, 6) is 3.54. The molecule has 200 valence electrons. The number of carbonyl (C=O) groups excluding carboxylic acids is 1. The number of nitrogens with zero attached hydrogens (tertiary/aromatic N) is 4. The molecule has 7 heteroatoms. The zero-order valence-electron chi connectivity index (χ0n) is 22.4. The van der Waals surface area contributed by atoms with Crippen molar-refractivity contribution in [2.75, 3.05) is 6.54 Å². The van der Waals surface area contributed by atoms with Crippen molar-refractivity contribution in [3.05, 3.63) is 83.8 Å². The average Bonchev–Trinajstić information content (AvgIpc) is 3.35. The molecule has 0 radical (unpaired) electrons. The highest BCUT2D eigenvalue weighted by molar-refractivity contribution is 5.99. The summed E-state index contributed by atoms with van der Waals surface area (Å²) in [5, 5.41) is 0. The second-order valence-corrected chi connectivity index (χ2v) is 10.1. The van der Waals surface area contributed by atoms with Crippen molar-refractivity contribution in [3.8, 4) is 29.4 Å². The van der Waals surface area contributed by atoms with E-state index in [0.717, 1.165) is 72.5 Å². The summed E-state index contributed by atoms with van der Waals surface area (Å²) in [6.45, 7) is 5.17. The van der Waals surface area contributed by atoms with E-state index in [1.165, 1.54) is 12.1 Å². The van der Waals surface area contributed by atoms with Crippen molar-refractivity contribution in [2.24, 2.45) is 0 Å². The quantitative estimate of drug-likeness (QED) is 0.189. The number of aryl methyl sites for hydroxylation is 1. The van der Waals surface area contributed by atoms with Crippen molar-refractivity contribution >= 4 is 11.3 Å². The van der Waals surface area contributed by atoms with E-state index in [9.17, 15) is 9.18 Å². The minimum absolute atomic E-state index is 0.0236. The maximum absolute atomic E-state index is 13.5. The van der Waals surface area contributed by atoms with Gasteiger partial charge in [-0.05, 0) is 80.6 Å². The van der Waals surface area contributed by atoms with E-state index >= 15 is 0 Å². The van der Waals surface area contributed by atoms with Gasteiger partial charge in [0, 0.05) is 18.0 Å². The summed E-state index contributed by atoms with van der Waals surface area (Å²) < 4.78 is 21.5. The number of rotatable bonds is 9. The van der Waals surface area contributed by atoms with Crippen LogP contribution in [0.1, 0.15) is 62.2 Å². The Bertz CT molecular complexity index is 1510. The van der Waals surface area contributed by atoms with Crippen LogP contribution in [0.25, 0.3) is 16.8 Å². The third kappa shape index (κ3) is 5.57. The molecule has 1 aliphatic rings. The van der Waals surface area contributed by atoms with Crippen LogP contribution in [0.4, 0.5) is 4.39 Å². The van der Waals surface area contributed by atoms with E-state index in [0.29, 0.717) is 5.75 Å². The molecule has 2 aromatic heterocycles. The number of carbonyl (C=O) groups is 1. The Labute approximate surface area is 228 Å². The number of ketones is 1. The molecule has 2 atom stereocenters. The van der Waals surface area contributed by atoms with Gasteiger partial charge in [-0.3, -0.25) is 19.1 Å². The van der Waals surface area contributed by atoms with Crippen LogP contribution in [0.15, 0.2) is 60.9 Å².